The maximum Gasteiger partial charge on any atom is 0.226 e. The fraction of sp³-hybridized carbons (Fsp3) is 0.812. The van der Waals surface area contributed by atoms with Crippen LogP contribution in [0, 0.1) is 29.1 Å². The van der Waals surface area contributed by atoms with Crippen molar-refractivity contribution in [2.45, 2.75) is 45.4 Å². The Bertz CT molecular complexity index is 325. The minimum Gasteiger partial charge on any atom is -0.355 e. The molecule has 2 nitrogen and oxygen atoms in total. The van der Waals surface area contributed by atoms with Gasteiger partial charge in [-0.1, -0.05) is 13.0 Å². The van der Waals surface area contributed by atoms with Gasteiger partial charge in [0.05, 0.1) is 0 Å². The van der Waals surface area contributed by atoms with Crippen molar-refractivity contribution in [2.75, 3.05) is 6.54 Å². The van der Waals surface area contributed by atoms with Gasteiger partial charge in [0.15, 0.2) is 0 Å². The Morgan fingerprint density at radius 3 is 2.22 bits per heavy atom. The van der Waals surface area contributed by atoms with Crippen LogP contribution in [-0.2, 0) is 4.79 Å². The lowest BCUT2D eigenvalue weighted by atomic mass is 9.49. The minimum absolute atomic E-state index is 0.00956. The van der Waals surface area contributed by atoms with E-state index < -0.39 is 0 Å². The average molecular weight is 247 g/mol. The van der Waals surface area contributed by atoms with Crippen LogP contribution in [0.1, 0.15) is 45.4 Å². The molecule has 18 heavy (non-hydrogen) atoms. The Kier molecular flexibility index (Phi) is 2.99. The molecule has 0 radical (unpaired) electrons. The summed E-state index contributed by atoms with van der Waals surface area (Å²) >= 11 is 0. The summed E-state index contributed by atoms with van der Waals surface area (Å²) in [6.07, 6.45) is 9.59. The highest BCUT2D eigenvalue weighted by Crippen LogP contribution is 2.60. The average Bonchev–Trinajstić information content (AvgIpc) is 2.33. The molecule has 0 aliphatic heterocycles. The Balaban J connectivity index is 1.67. The predicted octanol–water partition coefficient (Wildman–Crippen LogP) is 3.14. The van der Waals surface area contributed by atoms with Crippen molar-refractivity contribution >= 4 is 5.91 Å². The van der Waals surface area contributed by atoms with Crippen molar-refractivity contribution in [3.05, 3.63) is 12.7 Å². The molecule has 4 bridgehead atoms. The first-order valence-corrected chi connectivity index (χ1v) is 7.52. The van der Waals surface area contributed by atoms with Crippen LogP contribution < -0.4 is 5.32 Å². The normalized spacial score (nSPS) is 42.6. The van der Waals surface area contributed by atoms with Gasteiger partial charge in [-0.25, -0.2) is 0 Å². The van der Waals surface area contributed by atoms with Gasteiger partial charge in [-0.2, -0.15) is 0 Å². The summed E-state index contributed by atoms with van der Waals surface area (Å²) in [6, 6.07) is 0. The number of rotatable bonds is 4. The quantitative estimate of drug-likeness (QED) is 0.760. The second-order valence-corrected chi connectivity index (χ2v) is 7.12. The second kappa shape index (κ2) is 4.40. The molecule has 4 fully saturated rings. The van der Waals surface area contributed by atoms with Crippen LogP contribution in [0.2, 0.25) is 0 Å². The lowest BCUT2D eigenvalue weighted by molar-refractivity contribution is -0.146. The molecule has 1 N–H and O–H groups in total. The van der Waals surface area contributed by atoms with E-state index in [1.54, 1.807) is 0 Å². The summed E-state index contributed by atoms with van der Waals surface area (Å²) in [6.45, 7) is 6.64. The largest absolute Gasteiger partial charge is 0.355 e. The van der Waals surface area contributed by atoms with E-state index in [1.807, 2.05) is 6.08 Å². The number of hydrogen-bond acceptors (Lipinski definition) is 1. The van der Waals surface area contributed by atoms with Crippen LogP contribution in [0.15, 0.2) is 12.7 Å². The highest BCUT2D eigenvalue weighted by atomic mass is 16.2. The number of nitrogens with one attached hydrogen (secondary N) is 1. The maximum absolute atomic E-state index is 12.6. The van der Waals surface area contributed by atoms with E-state index in [2.05, 4.69) is 18.8 Å². The van der Waals surface area contributed by atoms with Crippen molar-refractivity contribution in [3.63, 3.8) is 0 Å². The number of carbonyl (C=O) groups excluding carboxylic acids is 1. The molecule has 100 valence electrons. The standard InChI is InChI=1S/C16H25NO/c1-3-11(2)10-17-15(18)16-7-12-4-13(8-16)6-14(5-12)9-16/h3,11-14H,1,4-10H2,2H3,(H,17,18)/t11-,12?,13?,14?,16?/m0/s1. The van der Waals surface area contributed by atoms with Crippen LogP contribution in [0.3, 0.4) is 0 Å². The molecule has 2 heteroatoms. The monoisotopic (exact) mass is 247 g/mol. The Morgan fingerprint density at radius 1 is 1.28 bits per heavy atom. The van der Waals surface area contributed by atoms with E-state index >= 15 is 0 Å². The van der Waals surface area contributed by atoms with Crippen molar-refractivity contribution in [3.8, 4) is 0 Å². The molecule has 0 spiro atoms. The van der Waals surface area contributed by atoms with E-state index in [4.69, 9.17) is 0 Å². The van der Waals surface area contributed by atoms with E-state index in [0.717, 1.165) is 43.6 Å². The minimum atomic E-state index is 0.00956. The molecule has 0 heterocycles. The van der Waals surface area contributed by atoms with Crippen molar-refractivity contribution in [2.24, 2.45) is 29.1 Å². The lowest BCUT2D eigenvalue weighted by Gasteiger charge is -2.55. The molecule has 4 aliphatic rings. The molecule has 4 rings (SSSR count). The van der Waals surface area contributed by atoms with E-state index in [0.29, 0.717) is 11.8 Å². The third kappa shape index (κ3) is 2.00. The van der Waals surface area contributed by atoms with E-state index in [-0.39, 0.29) is 5.41 Å². The van der Waals surface area contributed by atoms with Gasteiger partial charge >= 0.3 is 0 Å². The lowest BCUT2D eigenvalue weighted by Crippen LogP contribution is -2.54. The first-order valence-electron chi connectivity index (χ1n) is 7.52. The van der Waals surface area contributed by atoms with Gasteiger partial charge in [0.25, 0.3) is 0 Å². The van der Waals surface area contributed by atoms with Crippen molar-refractivity contribution < 1.29 is 4.79 Å². The Morgan fingerprint density at radius 2 is 1.78 bits per heavy atom. The van der Waals surface area contributed by atoms with Gasteiger partial charge in [0.2, 0.25) is 5.91 Å². The molecule has 0 aromatic carbocycles. The summed E-state index contributed by atoms with van der Waals surface area (Å²) in [4.78, 5) is 12.6. The maximum atomic E-state index is 12.6. The van der Waals surface area contributed by atoms with E-state index in [1.165, 1.54) is 19.3 Å². The number of amides is 1. The highest BCUT2D eigenvalue weighted by molar-refractivity contribution is 5.83. The zero-order chi connectivity index (χ0) is 12.8. The van der Waals surface area contributed by atoms with Gasteiger partial charge in [0.1, 0.15) is 0 Å². The molecule has 0 aromatic rings. The van der Waals surface area contributed by atoms with Gasteiger partial charge in [-0.15, -0.1) is 6.58 Å². The molecule has 0 unspecified atom stereocenters. The highest BCUT2D eigenvalue weighted by Gasteiger charge is 2.54. The zero-order valence-corrected chi connectivity index (χ0v) is 11.5. The van der Waals surface area contributed by atoms with Gasteiger partial charge in [-0.05, 0) is 62.2 Å². The first-order chi connectivity index (χ1) is 8.61. The number of hydrogen-bond donors (Lipinski definition) is 1. The summed E-state index contributed by atoms with van der Waals surface area (Å²) in [5, 5.41) is 3.18. The van der Waals surface area contributed by atoms with Gasteiger partial charge < -0.3 is 5.32 Å². The molecule has 0 saturated heterocycles. The van der Waals surface area contributed by atoms with Gasteiger partial charge in [-0.3, -0.25) is 4.79 Å². The topological polar surface area (TPSA) is 29.1 Å². The third-order valence-electron chi connectivity index (χ3n) is 5.51. The van der Waals surface area contributed by atoms with Crippen LogP contribution >= 0.6 is 0 Å². The molecule has 4 saturated carbocycles. The SMILES string of the molecule is C=C[C@H](C)CNC(=O)C12CC3CC(CC(C3)C1)C2. The fourth-order valence-corrected chi connectivity index (χ4v) is 4.91. The molecule has 1 amide bonds. The smallest absolute Gasteiger partial charge is 0.226 e. The van der Waals surface area contributed by atoms with Crippen molar-refractivity contribution in [1.82, 2.24) is 5.32 Å². The third-order valence-corrected chi connectivity index (χ3v) is 5.51. The summed E-state index contributed by atoms with van der Waals surface area (Å²) in [5.41, 5.74) is 0.00956. The van der Waals surface area contributed by atoms with Crippen LogP contribution in [0.25, 0.3) is 0 Å². The van der Waals surface area contributed by atoms with Crippen LogP contribution in [0.4, 0.5) is 0 Å². The Hall–Kier alpha value is -0.790. The fourth-order valence-electron chi connectivity index (χ4n) is 4.91. The van der Waals surface area contributed by atoms with Gasteiger partial charge in [0, 0.05) is 12.0 Å². The molecule has 0 aromatic heterocycles. The predicted molar refractivity (Wildman–Crippen MR) is 73.0 cm³/mol. The summed E-state index contributed by atoms with van der Waals surface area (Å²) in [7, 11) is 0. The second-order valence-electron chi connectivity index (χ2n) is 7.12. The Labute approximate surface area is 110 Å². The van der Waals surface area contributed by atoms with E-state index in [9.17, 15) is 4.79 Å². The summed E-state index contributed by atoms with van der Waals surface area (Å²) < 4.78 is 0. The summed E-state index contributed by atoms with van der Waals surface area (Å²) in [5.74, 6) is 3.26. The van der Waals surface area contributed by atoms with Crippen LogP contribution in [0.5, 0.6) is 0 Å². The molecule has 1 atom stereocenters. The van der Waals surface area contributed by atoms with Crippen LogP contribution in [-0.4, -0.2) is 12.5 Å². The zero-order valence-electron chi connectivity index (χ0n) is 11.5. The molecular formula is C16H25NO. The first kappa shape index (κ1) is 12.3. The molecular weight excluding hydrogens is 222 g/mol. The molecule has 4 aliphatic carbocycles. The number of carbonyl (C=O) groups is 1. The van der Waals surface area contributed by atoms with Crippen molar-refractivity contribution in [1.29, 1.82) is 0 Å².